The van der Waals surface area contributed by atoms with Gasteiger partial charge in [-0.3, -0.25) is 4.90 Å². The van der Waals surface area contributed by atoms with Gasteiger partial charge in [-0.2, -0.15) is 4.31 Å². The number of hydrogen-bond donors (Lipinski definition) is 0. The molecule has 0 saturated carbocycles. The Balaban J connectivity index is 1.61. The molecule has 0 aliphatic carbocycles. The fourth-order valence-electron chi connectivity index (χ4n) is 2.47. The summed E-state index contributed by atoms with van der Waals surface area (Å²) in [5.74, 6) is 1.48. The van der Waals surface area contributed by atoms with Crippen LogP contribution < -0.4 is 0 Å². The van der Waals surface area contributed by atoms with E-state index in [0.29, 0.717) is 42.8 Å². The second-order valence-corrected chi connectivity index (χ2v) is 8.86. The van der Waals surface area contributed by atoms with E-state index in [9.17, 15) is 8.42 Å². The molecule has 1 aliphatic rings. The highest BCUT2D eigenvalue weighted by Crippen LogP contribution is 2.25. The highest BCUT2D eigenvalue weighted by Gasteiger charge is 2.29. The molecule has 3 rings (SSSR count). The van der Waals surface area contributed by atoms with E-state index in [-0.39, 0.29) is 0 Å². The van der Waals surface area contributed by atoms with Gasteiger partial charge in [0, 0.05) is 31.1 Å². The quantitative estimate of drug-likeness (QED) is 0.849. The third-order valence-corrected chi connectivity index (χ3v) is 7.04. The van der Waals surface area contributed by atoms with Crippen molar-refractivity contribution in [1.29, 1.82) is 0 Å². The summed E-state index contributed by atoms with van der Waals surface area (Å²) >= 11 is 1.33. The van der Waals surface area contributed by atoms with Crippen LogP contribution in [-0.4, -0.2) is 48.8 Å². The van der Waals surface area contributed by atoms with Gasteiger partial charge >= 0.3 is 0 Å². The molecule has 1 aliphatic heterocycles. The van der Waals surface area contributed by atoms with E-state index < -0.39 is 10.0 Å². The van der Waals surface area contributed by atoms with Crippen LogP contribution in [0.3, 0.4) is 0 Å². The molecule has 3 heterocycles. The van der Waals surface area contributed by atoms with Gasteiger partial charge in [0.15, 0.2) is 0 Å². The Labute approximate surface area is 134 Å². The smallest absolute Gasteiger partial charge is 0.252 e. The van der Waals surface area contributed by atoms with Crippen LogP contribution in [0, 0.1) is 13.8 Å². The van der Waals surface area contributed by atoms with E-state index in [2.05, 4.69) is 9.88 Å². The first-order valence-electron chi connectivity index (χ1n) is 7.15. The third kappa shape index (κ3) is 3.24. The van der Waals surface area contributed by atoms with Crippen LogP contribution in [0.15, 0.2) is 27.0 Å². The molecular formula is C14H19N3O3S2. The van der Waals surface area contributed by atoms with Crippen LogP contribution in [0.5, 0.6) is 0 Å². The Bertz CT molecular complexity index is 743. The first kappa shape index (κ1) is 15.7. The van der Waals surface area contributed by atoms with Crippen molar-refractivity contribution in [3.63, 3.8) is 0 Å². The van der Waals surface area contributed by atoms with E-state index in [0.717, 1.165) is 10.6 Å². The highest BCUT2D eigenvalue weighted by molar-refractivity contribution is 7.91. The van der Waals surface area contributed by atoms with Crippen LogP contribution in [0.4, 0.5) is 0 Å². The molecule has 2 aromatic rings. The average molecular weight is 341 g/mol. The molecule has 0 bridgehead atoms. The molecule has 0 unspecified atom stereocenters. The SMILES string of the molecule is Cc1cnc(CN2CCN(S(=O)(=O)c3ccc(C)s3)CC2)o1. The van der Waals surface area contributed by atoms with E-state index in [4.69, 9.17) is 4.42 Å². The summed E-state index contributed by atoms with van der Waals surface area (Å²) in [6, 6.07) is 3.54. The Kier molecular flexibility index (Phi) is 4.35. The number of thiophene rings is 1. The van der Waals surface area contributed by atoms with Gasteiger partial charge in [0.25, 0.3) is 10.0 Å². The minimum atomic E-state index is -3.35. The van der Waals surface area contributed by atoms with Gasteiger partial charge in [-0.05, 0) is 26.0 Å². The normalized spacial score (nSPS) is 17.9. The van der Waals surface area contributed by atoms with Crippen molar-refractivity contribution in [2.45, 2.75) is 24.6 Å². The van der Waals surface area contributed by atoms with Crippen molar-refractivity contribution in [2.75, 3.05) is 26.2 Å². The van der Waals surface area contributed by atoms with Gasteiger partial charge in [-0.1, -0.05) is 0 Å². The Morgan fingerprint density at radius 2 is 1.95 bits per heavy atom. The first-order chi connectivity index (χ1) is 10.4. The largest absolute Gasteiger partial charge is 0.445 e. The maximum absolute atomic E-state index is 12.6. The molecule has 0 N–H and O–H groups in total. The molecule has 120 valence electrons. The van der Waals surface area contributed by atoms with Crippen molar-refractivity contribution >= 4 is 21.4 Å². The Morgan fingerprint density at radius 3 is 2.50 bits per heavy atom. The number of piperazine rings is 1. The van der Waals surface area contributed by atoms with Crippen molar-refractivity contribution in [2.24, 2.45) is 0 Å². The molecule has 1 saturated heterocycles. The summed E-state index contributed by atoms with van der Waals surface area (Å²) in [6.45, 7) is 6.78. The molecule has 6 nitrogen and oxygen atoms in total. The summed E-state index contributed by atoms with van der Waals surface area (Å²) in [4.78, 5) is 7.36. The lowest BCUT2D eigenvalue weighted by atomic mass is 10.3. The molecular weight excluding hydrogens is 322 g/mol. The molecule has 0 amide bonds. The van der Waals surface area contributed by atoms with Crippen LogP contribution in [0.25, 0.3) is 0 Å². The average Bonchev–Trinajstić information content (AvgIpc) is 3.09. The van der Waals surface area contributed by atoms with E-state index in [1.54, 1.807) is 16.6 Å². The van der Waals surface area contributed by atoms with E-state index >= 15 is 0 Å². The lowest BCUT2D eigenvalue weighted by Crippen LogP contribution is -2.48. The van der Waals surface area contributed by atoms with Crippen LogP contribution in [-0.2, 0) is 16.6 Å². The number of hydrogen-bond acceptors (Lipinski definition) is 6. The number of aromatic nitrogens is 1. The predicted octanol–water partition coefficient (Wildman–Crippen LogP) is 1.86. The minimum absolute atomic E-state index is 0.432. The van der Waals surface area contributed by atoms with Gasteiger partial charge in [0.1, 0.15) is 9.97 Å². The molecule has 8 heteroatoms. The van der Waals surface area contributed by atoms with Gasteiger partial charge in [0.2, 0.25) is 5.89 Å². The third-order valence-electron chi connectivity index (χ3n) is 3.67. The Hall–Kier alpha value is -1.22. The highest BCUT2D eigenvalue weighted by atomic mass is 32.2. The predicted molar refractivity (Wildman–Crippen MR) is 84.3 cm³/mol. The summed E-state index contributed by atoms with van der Waals surface area (Å²) in [5, 5.41) is 0. The van der Waals surface area contributed by atoms with Gasteiger partial charge in [-0.15, -0.1) is 11.3 Å². The molecule has 2 aromatic heterocycles. The number of sulfonamides is 1. The van der Waals surface area contributed by atoms with E-state index in [1.165, 1.54) is 11.3 Å². The topological polar surface area (TPSA) is 66.7 Å². The lowest BCUT2D eigenvalue weighted by Gasteiger charge is -2.32. The zero-order valence-corrected chi connectivity index (χ0v) is 14.3. The van der Waals surface area contributed by atoms with Gasteiger partial charge in [-0.25, -0.2) is 13.4 Å². The second kappa shape index (κ2) is 6.11. The molecule has 0 radical (unpaired) electrons. The number of aryl methyl sites for hydroxylation is 2. The molecule has 22 heavy (non-hydrogen) atoms. The molecule has 0 aromatic carbocycles. The van der Waals surface area contributed by atoms with Crippen molar-refractivity contribution in [3.8, 4) is 0 Å². The molecule has 1 fully saturated rings. The van der Waals surface area contributed by atoms with Gasteiger partial charge < -0.3 is 4.42 Å². The first-order valence-corrected chi connectivity index (χ1v) is 9.41. The maximum atomic E-state index is 12.6. The zero-order valence-electron chi connectivity index (χ0n) is 12.7. The fraction of sp³-hybridized carbons (Fsp3) is 0.500. The van der Waals surface area contributed by atoms with Crippen LogP contribution in [0.2, 0.25) is 0 Å². The van der Waals surface area contributed by atoms with Crippen molar-refractivity contribution in [1.82, 2.24) is 14.2 Å². The molecule has 0 atom stereocenters. The van der Waals surface area contributed by atoms with Crippen LogP contribution >= 0.6 is 11.3 Å². The zero-order chi connectivity index (χ0) is 15.7. The minimum Gasteiger partial charge on any atom is -0.445 e. The summed E-state index contributed by atoms with van der Waals surface area (Å²) in [6.07, 6.45) is 1.70. The van der Waals surface area contributed by atoms with Crippen LogP contribution in [0.1, 0.15) is 16.5 Å². The second-order valence-electron chi connectivity index (χ2n) is 5.41. The van der Waals surface area contributed by atoms with Crippen molar-refractivity contribution in [3.05, 3.63) is 34.9 Å². The summed E-state index contributed by atoms with van der Waals surface area (Å²) in [5.41, 5.74) is 0. The van der Waals surface area contributed by atoms with Crippen molar-refractivity contribution < 1.29 is 12.8 Å². The number of rotatable bonds is 4. The Morgan fingerprint density at radius 1 is 1.23 bits per heavy atom. The van der Waals surface area contributed by atoms with E-state index in [1.807, 2.05) is 19.9 Å². The number of oxazole rings is 1. The maximum Gasteiger partial charge on any atom is 0.252 e. The fourth-order valence-corrected chi connectivity index (χ4v) is 5.33. The van der Waals surface area contributed by atoms with Gasteiger partial charge in [0.05, 0.1) is 12.7 Å². The number of nitrogens with zero attached hydrogens (tertiary/aromatic N) is 3. The molecule has 0 spiro atoms. The standard InChI is InChI=1S/C14H19N3O3S2/c1-11-9-15-13(20-11)10-16-5-7-17(8-6-16)22(18,19)14-4-3-12(2)21-14/h3-4,9H,5-8,10H2,1-2H3. The summed E-state index contributed by atoms with van der Waals surface area (Å²) < 4.78 is 32.6. The monoisotopic (exact) mass is 341 g/mol. The summed E-state index contributed by atoms with van der Waals surface area (Å²) in [7, 11) is -3.35. The lowest BCUT2D eigenvalue weighted by molar-refractivity contribution is 0.168.